The SMILES string of the molecule is CCOC(=O)NC(=S)Nc1ccccc1CO. The fourth-order valence-corrected chi connectivity index (χ4v) is 1.39. The Labute approximate surface area is 105 Å². The number of hydrogen-bond donors (Lipinski definition) is 3. The number of carbonyl (C=O) groups is 1. The van der Waals surface area contributed by atoms with Crippen LogP contribution in [0.3, 0.4) is 0 Å². The van der Waals surface area contributed by atoms with Gasteiger partial charge in [0.15, 0.2) is 5.11 Å². The molecule has 1 rings (SSSR count). The Bertz CT molecular complexity index is 409. The molecule has 1 aromatic carbocycles. The number of para-hydroxylation sites is 1. The van der Waals surface area contributed by atoms with Gasteiger partial charge in [-0.25, -0.2) is 4.79 Å². The van der Waals surface area contributed by atoms with E-state index in [1.165, 1.54) is 0 Å². The second-order valence-electron chi connectivity index (χ2n) is 3.11. The number of aliphatic hydroxyl groups is 1. The molecule has 0 saturated heterocycles. The van der Waals surface area contributed by atoms with Gasteiger partial charge in [-0.15, -0.1) is 0 Å². The first kappa shape index (κ1) is 13.4. The highest BCUT2D eigenvalue weighted by atomic mass is 32.1. The Morgan fingerprint density at radius 3 is 2.82 bits per heavy atom. The topological polar surface area (TPSA) is 70.6 Å². The molecule has 0 aliphatic rings. The highest BCUT2D eigenvalue weighted by molar-refractivity contribution is 7.80. The number of carbonyl (C=O) groups excluding carboxylic acids is 1. The van der Waals surface area contributed by atoms with Crippen LogP contribution in [0.1, 0.15) is 12.5 Å². The van der Waals surface area contributed by atoms with Crippen LogP contribution in [0.5, 0.6) is 0 Å². The summed E-state index contributed by atoms with van der Waals surface area (Å²) in [4.78, 5) is 11.1. The van der Waals surface area contributed by atoms with Crippen molar-refractivity contribution in [1.29, 1.82) is 0 Å². The van der Waals surface area contributed by atoms with Gasteiger partial charge in [-0.05, 0) is 25.2 Å². The molecule has 0 atom stereocenters. The highest BCUT2D eigenvalue weighted by Crippen LogP contribution is 2.14. The molecule has 3 N–H and O–H groups in total. The van der Waals surface area contributed by atoms with Gasteiger partial charge in [0, 0.05) is 11.3 Å². The Morgan fingerprint density at radius 2 is 2.18 bits per heavy atom. The summed E-state index contributed by atoms with van der Waals surface area (Å²) >= 11 is 4.93. The first-order chi connectivity index (χ1) is 8.17. The zero-order valence-electron chi connectivity index (χ0n) is 9.40. The van der Waals surface area contributed by atoms with E-state index in [1.807, 2.05) is 0 Å². The summed E-state index contributed by atoms with van der Waals surface area (Å²) in [5.41, 5.74) is 1.34. The molecule has 0 heterocycles. The lowest BCUT2D eigenvalue weighted by Crippen LogP contribution is -2.34. The maximum absolute atomic E-state index is 11.1. The minimum atomic E-state index is -0.605. The van der Waals surface area contributed by atoms with E-state index in [0.717, 1.165) is 0 Å². The first-order valence-corrected chi connectivity index (χ1v) is 5.51. The molecule has 0 saturated carbocycles. The number of amides is 1. The molecule has 92 valence electrons. The Kier molecular flexibility index (Phi) is 5.38. The Hall–Kier alpha value is -1.66. The van der Waals surface area contributed by atoms with Crippen molar-refractivity contribution in [1.82, 2.24) is 5.32 Å². The van der Waals surface area contributed by atoms with Gasteiger partial charge in [-0.3, -0.25) is 5.32 Å². The Morgan fingerprint density at radius 1 is 1.47 bits per heavy atom. The number of thiocarbonyl (C=S) groups is 1. The van der Waals surface area contributed by atoms with Gasteiger partial charge in [-0.1, -0.05) is 18.2 Å². The third kappa shape index (κ3) is 4.38. The summed E-state index contributed by atoms with van der Waals surface area (Å²) in [6.07, 6.45) is -0.605. The second-order valence-corrected chi connectivity index (χ2v) is 3.52. The van der Waals surface area contributed by atoms with Gasteiger partial charge in [-0.2, -0.15) is 0 Å². The molecule has 5 nitrogen and oxygen atoms in total. The van der Waals surface area contributed by atoms with Crippen molar-refractivity contribution in [3.63, 3.8) is 0 Å². The van der Waals surface area contributed by atoms with E-state index >= 15 is 0 Å². The minimum Gasteiger partial charge on any atom is -0.450 e. The van der Waals surface area contributed by atoms with E-state index in [-0.39, 0.29) is 18.3 Å². The summed E-state index contributed by atoms with van der Waals surface area (Å²) in [7, 11) is 0. The molecule has 6 heteroatoms. The lowest BCUT2D eigenvalue weighted by molar-refractivity contribution is 0.158. The number of ether oxygens (including phenoxy) is 1. The van der Waals surface area contributed by atoms with Crippen LogP contribution in [0.2, 0.25) is 0 Å². The summed E-state index contributed by atoms with van der Waals surface area (Å²) in [5.74, 6) is 0. The number of anilines is 1. The number of aliphatic hydroxyl groups excluding tert-OH is 1. The average Bonchev–Trinajstić information content (AvgIpc) is 2.29. The van der Waals surface area contributed by atoms with E-state index in [4.69, 9.17) is 17.3 Å². The van der Waals surface area contributed by atoms with E-state index in [9.17, 15) is 4.79 Å². The van der Waals surface area contributed by atoms with Crippen LogP contribution in [0.4, 0.5) is 10.5 Å². The number of benzene rings is 1. The molecule has 0 aliphatic heterocycles. The van der Waals surface area contributed by atoms with Crippen LogP contribution < -0.4 is 10.6 Å². The van der Waals surface area contributed by atoms with Crippen molar-refractivity contribution in [3.8, 4) is 0 Å². The zero-order valence-corrected chi connectivity index (χ0v) is 10.2. The zero-order chi connectivity index (χ0) is 12.7. The molecular weight excluding hydrogens is 240 g/mol. The van der Waals surface area contributed by atoms with Crippen LogP contribution in [0.15, 0.2) is 24.3 Å². The maximum atomic E-state index is 11.1. The van der Waals surface area contributed by atoms with Gasteiger partial charge in [0.05, 0.1) is 13.2 Å². The number of rotatable bonds is 3. The summed E-state index contributed by atoms with van der Waals surface area (Å²) in [5, 5.41) is 14.4. The molecule has 0 unspecified atom stereocenters. The molecule has 0 bridgehead atoms. The Balaban J connectivity index is 2.59. The minimum absolute atomic E-state index is 0.106. The summed E-state index contributed by atoms with van der Waals surface area (Å²) in [6.45, 7) is 1.88. The number of nitrogens with one attached hydrogen (secondary N) is 2. The number of alkyl carbamates (subject to hydrolysis) is 1. The fourth-order valence-electron chi connectivity index (χ4n) is 1.19. The maximum Gasteiger partial charge on any atom is 0.413 e. The number of hydrogen-bond acceptors (Lipinski definition) is 4. The third-order valence-corrected chi connectivity index (χ3v) is 2.13. The van der Waals surface area contributed by atoms with Crippen molar-refractivity contribution in [2.24, 2.45) is 0 Å². The summed E-state index contributed by atoms with van der Waals surface area (Å²) < 4.78 is 4.68. The van der Waals surface area contributed by atoms with E-state index < -0.39 is 6.09 Å². The monoisotopic (exact) mass is 254 g/mol. The van der Waals surface area contributed by atoms with Crippen molar-refractivity contribution < 1.29 is 14.6 Å². The molecule has 1 aromatic rings. The van der Waals surface area contributed by atoms with Gasteiger partial charge < -0.3 is 15.2 Å². The smallest absolute Gasteiger partial charge is 0.413 e. The van der Waals surface area contributed by atoms with Crippen LogP contribution >= 0.6 is 12.2 Å². The molecule has 0 radical (unpaired) electrons. The second kappa shape index (κ2) is 6.82. The standard InChI is InChI=1S/C11H14N2O3S/c1-2-16-11(15)13-10(17)12-9-6-4-3-5-8(9)7-14/h3-6,14H,2,7H2,1H3,(H2,12,13,15,17). The van der Waals surface area contributed by atoms with Crippen molar-refractivity contribution in [2.45, 2.75) is 13.5 Å². The van der Waals surface area contributed by atoms with Gasteiger partial charge in [0.1, 0.15) is 0 Å². The van der Waals surface area contributed by atoms with Crippen molar-refractivity contribution >= 4 is 29.1 Å². The van der Waals surface area contributed by atoms with Crippen LogP contribution in [0, 0.1) is 0 Å². The van der Waals surface area contributed by atoms with E-state index in [0.29, 0.717) is 11.3 Å². The largest absolute Gasteiger partial charge is 0.450 e. The molecule has 0 spiro atoms. The molecule has 1 amide bonds. The van der Waals surface area contributed by atoms with E-state index in [2.05, 4.69) is 15.4 Å². The highest BCUT2D eigenvalue weighted by Gasteiger charge is 2.06. The van der Waals surface area contributed by atoms with Gasteiger partial charge >= 0.3 is 6.09 Å². The van der Waals surface area contributed by atoms with E-state index in [1.54, 1.807) is 31.2 Å². The molecule has 17 heavy (non-hydrogen) atoms. The van der Waals surface area contributed by atoms with Crippen LogP contribution in [-0.2, 0) is 11.3 Å². The third-order valence-electron chi connectivity index (χ3n) is 1.93. The molecule has 0 aliphatic carbocycles. The molecule has 0 fully saturated rings. The first-order valence-electron chi connectivity index (χ1n) is 5.11. The van der Waals surface area contributed by atoms with Crippen molar-refractivity contribution in [2.75, 3.05) is 11.9 Å². The van der Waals surface area contributed by atoms with Crippen molar-refractivity contribution in [3.05, 3.63) is 29.8 Å². The predicted molar refractivity (Wildman–Crippen MR) is 68.7 cm³/mol. The van der Waals surface area contributed by atoms with Crippen LogP contribution in [0.25, 0.3) is 0 Å². The lowest BCUT2D eigenvalue weighted by atomic mass is 10.2. The molecular formula is C11H14N2O3S. The average molecular weight is 254 g/mol. The fraction of sp³-hybridized carbons (Fsp3) is 0.273. The lowest BCUT2D eigenvalue weighted by Gasteiger charge is -2.11. The summed E-state index contributed by atoms with van der Waals surface area (Å²) in [6, 6.07) is 7.12. The predicted octanol–water partition coefficient (Wildman–Crippen LogP) is 1.62. The normalized spacial score (nSPS) is 9.53. The quantitative estimate of drug-likeness (QED) is 0.715. The van der Waals surface area contributed by atoms with Crippen LogP contribution in [-0.4, -0.2) is 22.9 Å². The van der Waals surface area contributed by atoms with Gasteiger partial charge in [0.2, 0.25) is 0 Å². The molecule has 0 aromatic heterocycles. The van der Waals surface area contributed by atoms with Gasteiger partial charge in [0.25, 0.3) is 0 Å².